The second-order valence-electron chi connectivity index (χ2n) is 9.44. The lowest BCUT2D eigenvalue weighted by molar-refractivity contribution is -0.137. The van der Waals surface area contributed by atoms with Gasteiger partial charge in [0.05, 0.1) is 29.9 Å². The summed E-state index contributed by atoms with van der Waals surface area (Å²) in [6.07, 6.45) is -4.28. The number of nitrogens with zero attached hydrogens (tertiary/aromatic N) is 3. The fourth-order valence-electron chi connectivity index (χ4n) is 4.03. The maximum atomic E-state index is 13.6. The Balaban J connectivity index is 1.97. The average molecular weight is 484 g/mol. The van der Waals surface area contributed by atoms with Crippen LogP contribution < -0.4 is 0 Å². The van der Waals surface area contributed by atoms with E-state index in [-0.39, 0.29) is 25.7 Å². The minimum atomic E-state index is -4.53. The van der Waals surface area contributed by atoms with Gasteiger partial charge in [-0.05, 0) is 57.5 Å². The molecule has 34 heavy (non-hydrogen) atoms. The molecule has 3 rings (SSSR count). The highest BCUT2D eigenvalue weighted by atomic mass is 19.4. The van der Waals surface area contributed by atoms with Gasteiger partial charge in [-0.1, -0.05) is 12.1 Å². The third-order valence-electron chi connectivity index (χ3n) is 5.63. The van der Waals surface area contributed by atoms with Gasteiger partial charge in [0.2, 0.25) is 0 Å². The summed E-state index contributed by atoms with van der Waals surface area (Å²) in [5.41, 5.74) is -0.652. The zero-order valence-electron chi connectivity index (χ0n) is 19.5. The Morgan fingerprint density at radius 3 is 2.29 bits per heavy atom. The summed E-state index contributed by atoms with van der Waals surface area (Å²) < 4.78 is 58.3. The van der Waals surface area contributed by atoms with Crippen molar-refractivity contribution in [1.29, 1.82) is 0 Å². The Bertz CT molecular complexity index is 975. The summed E-state index contributed by atoms with van der Waals surface area (Å²) in [6, 6.07) is 6.31. The number of aliphatic hydroxyl groups is 1. The van der Waals surface area contributed by atoms with Crippen LogP contribution >= 0.6 is 0 Å². The number of rotatable bonds is 4. The number of hydrogen-bond acceptors (Lipinski definition) is 5. The largest absolute Gasteiger partial charge is 0.444 e. The summed E-state index contributed by atoms with van der Waals surface area (Å²) >= 11 is 0. The fraction of sp³-hybridized carbons (Fsp3) is 0.500. The SMILES string of the molecule is C[C@H]1CN(C(c2ccc(F)cc2)c2ccc(C(F)(F)F)cn2)C(CO)CN1C(=O)OC(C)(C)C. The quantitative estimate of drug-likeness (QED) is 0.643. The molecule has 3 atom stereocenters. The third kappa shape index (κ3) is 6.04. The molecule has 1 aliphatic rings. The molecule has 1 N–H and O–H groups in total. The van der Waals surface area contributed by atoms with Gasteiger partial charge in [0.15, 0.2) is 0 Å². The van der Waals surface area contributed by atoms with E-state index in [4.69, 9.17) is 4.74 Å². The van der Waals surface area contributed by atoms with E-state index in [2.05, 4.69) is 4.98 Å². The fourth-order valence-corrected chi connectivity index (χ4v) is 4.03. The van der Waals surface area contributed by atoms with Crippen LogP contribution in [0.2, 0.25) is 0 Å². The standard InChI is InChI=1S/C24H29F4N3O3/c1-15-12-31(19(14-32)13-30(15)22(33)34-23(2,3)4)21(16-5-8-18(25)9-6-16)20-10-7-17(11-29-20)24(26,27)28/h5-11,15,19,21,32H,12-14H2,1-4H3/t15-,19?,21?/m0/s1. The lowest BCUT2D eigenvalue weighted by Crippen LogP contribution is -2.61. The molecule has 2 aromatic rings. The first kappa shape index (κ1) is 25.9. The molecule has 186 valence electrons. The molecule has 1 aromatic carbocycles. The van der Waals surface area contributed by atoms with E-state index in [1.54, 1.807) is 32.9 Å². The number of amides is 1. The monoisotopic (exact) mass is 483 g/mol. The lowest BCUT2D eigenvalue weighted by Gasteiger charge is -2.47. The van der Waals surface area contributed by atoms with Crippen molar-refractivity contribution < 1.29 is 32.2 Å². The molecule has 2 heterocycles. The van der Waals surface area contributed by atoms with Gasteiger partial charge >= 0.3 is 12.3 Å². The number of pyridine rings is 1. The summed E-state index contributed by atoms with van der Waals surface area (Å²) in [5.74, 6) is -0.454. The molecule has 0 saturated carbocycles. The lowest BCUT2D eigenvalue weighted by atomic mass is 9.96. The van der Waals surface area contributed by atoms with Crippen LogP contribution in [-0.2, 0) is 10.9 Å². The van der Waals surface area contributed by atoms with Crippen LogP contribution in [0.25, 0.3) is 0 Å². The number of carbonyl (C=O) groups is 1. The third-order valence-corrected chi connectivity index (χ3v) is 5.63. The Labute approximate surface area is 196 Å². The van der Waals surface area contributed by atoms with E-state index in [1.165, 1.54) is 23.1 Å². The predicted octanol–water partition coefficient (Wildman–Crippen LogP) is 4.63. The van der Waals surface area contributed by atoms with Crippen LogP contribution in [0.4, 0.5) is 22.4 Å². The Kier molecular flexibility index (Phi) is 7.52. The van der Waals surface area contributed by atoms with Crippen molar-refractivity contribution in [2.75, 3.05) is 19.7 Å². The number of halogens is 4. The Hall–Kier alpha value is -2.72. The van der Waals surface area contributed by atoms with Crippen molar-refractivity contribution in [2.45, 2.75) is 57.6 Å². The van der Waals surface area contributed by atoms with Crippen LogP contribution in [0.1, 0.15) is 50.6 Å². The molecule has 6 nitrogen and oxygen atoms in total. The second-order valence-corrected chi connectivity index (χ2v) is 9.44. The van der Waals surface area contributed by atoms with E-state index in [1.807, 2.05) is 11.8 Å². The molecule has 0 aliphatic carbocycles. The number of carbonyl (C=O) groups excluding carboxylic acids is 1. The van der Waals surface area contributed by atoms with Crippen molar-refractivity contribution in [3.05, 3.63) is 65.2 Å². The van der Waals surface area contributed by atoms with Gasteiger partial charge < -0.3 is 14.7 Å². The minimum absolute atomic E-state index is 0.144. The molecule has 10 heteroatoms. The van der Waals surface area contributed by atoms with Gasteiger partial charge in [-0.2, -0.15) is 13.2 Å². The molecule has 1 aliphatic heterocycles. The minimum Gasteiger partial charge on any atom is -0.444 e. The molecular weight excluding hydrogens is 454 g/mol. The molecule has 1 saturated heterocycles. The maximum absolute atomic E-state index is 13.6. The number of benzene rings is 1. The zero-order valence-corrected chi connectivity index (χ0v) is 19.5. The normalized spacial score (nSPS) is 20.8. The molecule has 0 radical (unpaired) electrons. The van der Waals surface area contributed by atoms with Crippen LogP contribution in [0, 0.1) is 5.82 Å². The van der Waals surface area contributed by atoms with Crippen molar-refractivity contribution in [2.24, 2.45) is 0 Å². The van der Waals surface area contributed by atoms with Gasteiger partial charge in [0, 0.05) is 25.3 Å². The van der Waals surface area contributed by atoms with Crippen molar-refractivity contribution in [3.63, 3.8) is 0 Å². The topological polar surface area (TPSA) is 65.9 Å². The molecule has 0 spiro atoms. The van der Waals surface area contributed by atoms with E-state index in [9.17, 15) is 27.5 Å². The molecule has 1 aromatic heterocycles. The highest BCUT2D eigenvalue weighted by Crippen LogP contribution is 2.35. The van der Waals surface area contributed by atoms with Crippen LogP contribution in [0.5, 0.6) is 0 Å². The number of hydrogen-bond donors (Lipinski definition) is 1. The Morgan fingerprint density at radius 2 is 1.79 bits per heavy atom. The van der Waals surface area contributed by atoms with E-state index < -0.39 is 41.3 Å². The van der Waals surface area contributed by atoms with Crippen LogP contribution in [0.15, 0.2) is 42.6 Å². The molecule has 0 bridgehead atoms. The van der Waals surface area contributed by atoms with E-state index in [0.29, 0.717) is 11.3 Å². The first-order valence-electron chi connectivity index (χ1n) is 10.9. The van der Waals surface area contributed by atoms with E-state index in [0.717, 1.165) is 12.3 Å². The number of aromatic nitrogens is 1. The van der Waals surface area contributed by atoms with Gasteiger partial charge in [0.25, 0.3) is 0 Å². The van der Waals surface area contributed by atoms with Crippen molar-refractivity contribution in [1.82, 2.24) is 14.8 Å². The van der Waals surface area contributed by atoms with Crippen molar-refractivity contribution in [3.8, 4) is 0 Å². The van der Waals surface area contributed by atoms with Crippen LogP contribution in [-0.4, -0.2) is 63.4 Å². The number of piperazine rings is 1. The Morgan fingerprint density at radius 1 is 1.15 bits per heavy atom. The molecular formula is C24H29F4N3O3. The number of alkyl halides is 3. The summed E-state index contributed by atoms with van der Waals surface area (Å²) in [6.45, 7) is 7.22. The highest BCUT2D eigenvalue weighted by Gasteiger charge is 2.40. The van der Waals surface area contributed by atoms with Crippen LogP contribution in [0.3, 0.4) is 0 Å². The highest BCUT2D eigenvalue weighted by molar-refractivity contribution is 5.68. The molecule has 1 amide bonds. The van der Waals surface area contributed by atoms with E-state index >= 15 is 0 Å². The predicted molar refractivity (Wildman–Crippen MR) is 117 cm³/mol. The summed E-state index contributed by atoms with van der Waals surface area (Å²) in [5, 5.41) is 10.2. The van der Waals surface area contributed by atoms with Gasteiger partial charge in [-0.15, -0.1) is 0 Å². The first-order chi connectivity index (χ1) is 15.8. The summed E-state index contributed by atoms with van der Waals surface area (Å²) in [4.78, 5) is 20.2. The summed E-state index contributed by atoms with van der Waals surface area (Å²) in [7, 11) is 0. The second kappa shape index (κ2) is 9.87. The maximum Gasteiger partial charge on any atom is 0.417 e. The average Bonchev–Trinajstić information content (AvgIpc) is 2.74. The van der Waals surface area contributed by atoms with Gasteiger partial charge in [-0.3, -0.25) is 9.88 Å². The molecule has 1 fully saturated rings. The number of aliphatic hydroxyl groups excluding tert-OH is 1. The zero-order chi connectivity index (χ0) is 25.3. The smallest absolute Gasteiger partial charge is 0.417 e. The number of ether oxygens (including phenoxy) is 1. The molecule has 2 unspecified atom stereocenters. The van der Waals surface area contributed by atoms with Gasteiger partial charge in [-0.25, -0.2) is 9.18 Å². The first-order valence-corrected chi connectivity index (χ1v) is 10.9. The van der Waals surface area contributed by atoms with Gasteiger partial charge in [0.1, 0.15) is 11.4 Å². The van der Waals surface area contributed by atoms with Crippen molar-refractivity contribution >= 4 is 6.09 Å².